The van der Waals surface area contributed by atoms with Gasteiger partial charge in [-0.1, -0.05) is 44.2 Å². The maximum atomic E-state index is 13.1. The quantitative estimate of drug-likeness (QED) is 0.531. The number of carboxylic acids is 1. The second kappa shape index (κ2) is 11.9. The smallest absolute Gasteiger partial charge is 0.408 e. The lowest BCUT2D eigenvalue weighted by Crippen LogP contribution is -2.54. The Hall–Kier alpha value is -3.10. The van der Waals surface area contributed by atoms with Crippen molar-refractivity contribution in [1.29, 1.82) is 0 Å². The summed E-state index contributed by atoms with van der Waals surface area (Å²) in [4.78, 5) is 51.3. The summed E-state index contributed by atoms with van der Waals surface area (Å²) in [6, 6.07) is 7.39. The van der Waals surface area contributed by atoms with Gasteiger partial charge in [-0.2, -0.15) is 0 Å². The van der Waals surface area contributed by atoms with Crippen LogP contribution >= 0.6 is 0 Å². The van der Waals surface area contributed by atoms with E-state index in [2.05, 4.69) is 10.6 Å². The lowest BCUT2D eigenvalue weighted by atomic mass is 9.93. The lowest BCUT2D eigenvalue weighted by Gasteiger charge is -2.35. The number of nitrogens with one attached hydrogen (secondary N) is 2. The molecule has 0 spiro atoms. The summed E-state index contributed by atoms with van der Waals surface area (Å²) in [7, 11) is 0. The van der Waals surface area contributed by atoms with Gasteiger partial charge < -0.3 is 25.4 Å². The summed E-state index contributed by atoms with van der Waals surface area (Å²) in [6.07, 6.45) is 0.400. The number of piperidine rings is 1. The van der Waals surface area contributed by atoms with Crippen LogP contribution in [0.1, 0.15) is 53.0 Å². The third-order valence-electron chi connectivity index (χ3n) is 5.68. The molecule has 188 valence electrons. The van der Waals surface area contributed by atoms with Gasteiger partial charge in [0.2, 0.25) is 11.8 Å². The van der Waals surface area contributed by atoms with Crippen LogP contribution in [0.3, 0.4) is 0 Å². The van der Waals surface area contributed by atoms with Crippen molar-refractivity contribution < 1.29 is 29.0 Å². The third kappa shape index (κ3) is 8.35. The van der Waals surface area contributed by atoms with E-state index >= 15 is 0 Å². The first-order valence-corrected chi connectivity index (χ1v) is 11.7. The molecule has 1 aliphatic heterocycles. The van der Waals surface area contributed by atoms with Crippen molar-refractivity contribution in [1.82, 2.24) is 15.5 Å². The zero-order valence-corrected chi connectivity index (χ0v) is 20.7. The van der Waals surface area contributed by atoms with Gasteiger partial charge in [0.15, 0.2) is 0 Å². The molecule has 1 fully saturated rings. The van der Waals surface area contributed by atoms with Gasteiger partial charge in [0.05, 0.1) is 0 Å². The molecule has 9 heteroatoms. The number of alkyl carbamates (subject to hydrolysis) is 1. The van der Waals surface area contributed by atoms with Crippen molar-refractivity contribution in [2.75, 3.05) is 13.1 Å². The Bertz CT molecular complexity index is 857. The topological polar surface area (TPSA) is 125 Å². The fraction of sp³-hybridized carbons (Fsp3) is 0.600. The Morgan fingerprint density at radius 3 is 2.15 bits per heavy atom. The Labute approximate surface area is 201 Å². The molecule has 3 amide bonds. The number of rotatable bonds is 8. The average Bonchev–Trinajstić information content (AvgIpc) is 2.76. The van der Waals surface area contributed by atoms with Gasteiger partial charge in [-0.05, 0) is 45.1 Å². The van der Waals surface area contributed by atoms with Crippen LogP contribution in [0.5, 0.6) is 0 Å². The van der Waals surface area contributed by atoms with E-state index in [0.717, 1.165) is 5.56 Å². The number of carbonyl (C=O) groups is 4. The first kappa shape index (κ1) is 27.1. The SMILES string of the molecule is CC(C)[C@H](NC(=O)OC(C)(C)C)C(=O)N1CCC(C(=O)N[C@H](Cc2ccccc2)C(=O)O)CC1. The van der Waals surface area contributed by atoms with Crippen LogP contribution in [0.2, 0.25) is 0 Å². The maximum absolute atomic E-state index is 13.1. The Morgan fingerprint density at radius 1 is 1.06 bits per heavy atom. The van der Waals surface area contributed by atoms with Crippen molar-refractivity contribution in [3.8, 4) is 0 Å². The van der Waals surface area contributed by atoms with Gasteiger partial charge in [0, 0.05) is 25.4 Å². The fourth-order valence-corrected chi connectivity index (χ4v) is 3.85. The van der Waals surface area contributed by atoms with Crippen molar-refractivity contribution in [3.63, 3.8) is 0 Å². The highest BCUT2D eigenvalue weighted by Crippen LogP contribution is 2.20. The Morgan fingerprint density at radius 2 is 1.65 bits per heavy atom. The predicted octanol–water partition coefficient (Wildman–Crippen LogP) is 2.59. The first-order chi connectivity index (χ1) is 15.9. The summed E-state index contributed by atoms with van der Waals surface area (Å²) in [6.45, 7) is 9.66. The summed E-state index contributed by atoms with van der Waals surface area (Å²) in [5, 5.41) is 14.9. The molecule has 0 bridgehead atoms. The van der Waals surface area contributed by atoms with E-state index < -0.39 is 29.7 Å². The van der Waals surface area contributed by atoms with Crippen molar-refractivity contribution in [2.45, 2.75) is 71.6 Å². The zero-order valence-electron chi connectivity index (χ0n) is 20.7. The molecule has 0 radical (unpaired) electrons. The molecule has 34 heavy (non-hydrogen) atoms. The minimum absolute atomic E-state index is 0.143. The second-order valence-corrected chi connectivity index (χ2v) is 10.1. The molecular weight excluding hydrogens is 438 g/mol. The molecule has 1 aliphatic rings. The molecule has 1 aromatic rings. The van der Waals surface area contributed by atoms with E-state index in [1.54, 1.807) is 25.7 Å². The van der Waals surface area contributed by atoms with E-state index in [9.17, 15) is 24.3 Å². The van der Waals surface area contributed by atoms with Crippen LogP contribution in [0.4, 0.5) is 4.79 Å². The number of hydrogen-bond acceptors (Lipinski definition) is 5. The second-order valence-electron chi connectivity index (χ2n) is 10.1. The molecule has 2 atom stereocenters. The summed E-state index contributed by atoms with van der Waals surface area (Å²) >= 11 is 0. The number of carbonyl (C=O) groups excluding carboxylic acids is 3. The number of aliphatic carboxylic acids is 1. The zero-order chi connectivity index (χ0) is 25.5. The van der Waals surface area contributed by atoms with Crippen LogP contribution in [-0.4, -0.2) is 64.7 Å². The minimum atomic E-state index is -1.09. The monoisotopic (exact) mass is 475 g/mol. The van der Waals surface area contributed by atoms with Crippen LogP contribution in [0, 0.1) is 11.8 Å². The van der Waals surface area contributed by atoms with E-state index in [-0.39, 0.29) is 30.1 Å². The molecule has 1 aromatic carbocycles. The number of carboxylic acid groups (broad SMARTS) is 1. The molecule has 2 rings (SSSR count). The highest BCUT2D eigenvalue weighted by molar-refractivity contribution is 5.87. The number of amides is 3. The number of nitrogens with zero attached hydrogens (tertiary/aromatic N) is 1. The van der Waals surface area contributed by atoms with Gasteiger partial charge >= 0.3 is 12.1 Å². The lowest BCUT2D eigenvalue weighted by molar-refractivity contribution is -0.143. The molecule has 0 saturated carbocycles. The number of ether oxygens (including phenoxy) is 1. The van der Waals surface area contributed by atoms with Crippen molar-refractivity contribution >= 4 is 23.9 Å². The fourth-order valence-electron chi connectivity index (χ4n) is 3.85. The van der Waals surface area contributed by atoms with Crippen molar-refractivity contribution in [3.05, 3.63) is 35.9 Å². The Kier molecular flexibility index (Phi) is 9.46. The number of likely N-dealkylation sites (tertiary alicyclic amines) is 1. The summed E-state index contributed by atoms with van der Waals surface area (Å²) in [5.41, 5.74) is 0.155. The predicted molar refractivity (Wildman–Crippen MR) is 127 cm³/mol. The summed E-state index contributed by atoms with van der Waals surface area (Å²) in [5.74, 6) is -2.14. The molecule has 1 saturated heterocycles. The Balaban J connectivity index is 1.92. The molecule has 1 heterocycles. The highest BCUT2D eigenvalue weighted by Gasteiger charge is 2.34. The average molecular weight is 476 g/mol. The molecule has 0 aliphatic carbocycles. The largest absolute Gasteiger partial charge is 0.480 e. The van der Waals surface area contributed by atoms with E-state index in [0.29, 0.717) is 25.9 Å². The maximum Gasteiger partial charge on any atom is 0.408 e. The molecule has 3 N–H and O–H groups in total. The minimum Gasteiger partial charge on any atom is -0.480 e. The third-order valence-corrected chi connectivity index (χ3v) is 5.68. The van der Waals surface area contributed by atoms with Crippen LogP contribution in [0.25, 0.3) is 0 Å². The number of hydrogen-bond donors (Lipinski definition) is 3. The van der Waals surface area contributed by atoms with E-state index in [1.807, 2.05) is 44.2 Å². The highest BCUT2D eigenvalue weighted by atomic mass is 16.6. The molecule has 0 aromatic heterocycles. The van der Waals surface area contributed by atoms with E-state index in [4.69, 9.17) is 4.74 Å². The first-order valence-electron chi connectivity index (χ1n) is 11.7. The van der Waals surface area contributed by atoms with Gasteiger partial charge in [0.25, 0.3) is 0 Å². The van der Waals surface area contributed by atoms with Gasteiger partial charge in [0.1, 0.15) is 17.7 Å². The van der Waals surface area contributed by atoms with E-state index in [1.165, 1.54) is 0 Å². The van der Waals surface area contributed by atoms with Gasteiger partial charge in [-0.3, -0.25) is 9.59 Å². The number of benzene rings is 1. The standard InChI is InChI=1S/C25H37N3O6/c1-16(2)20(27-24(33)34-25(3,4)5)22(30)28-13-11-18(12-14-28)21(29)26-19(23(31)32)15-17-9-7-6-8-10-17/h6-10,16,18-20H,11-15H2,1-5H3,(H,26,29)(H,27,33)(H,31,32)/t19-,20+/m1/s1. The molecule has 0 unspecified atom stereocenters. The summed E-state index contributed by atoms with van der Waals surface area (Å²) < 4.78 is 5.28. The van der Waals surface area contributed by atoms with Crippen molar-refractivity contribution in [2.24, 2.45) is 11.8 Å². The van der Waals surface area contributed by atoms with Crippen LogP contribution < -0.4 is 10.6 Å². The van der Waals surface area contributed by atoms with Crippen LogP contribution in [-0.2, 0) is 25.5 Å². The molecule has 9 nitrogen and oxygen atoms in total. The van der Waals surface area contributed by atoms with Crippen LogP contribution in [0.15, 0.2) is 30.3 Å². The van der Waals surface area contributed by atoms with Gasteiger partial charge in [-0.15, -0.1) is 0 Å². The van der Waals surface area contributed by atoms with Gasteiger partial charge in [-0.25, -0.2) is 9.59 Å². The normalized spacial score (nSPS) is 16.5. The molecular formula is C25H37N3O6.